The first-order valence-corrected chi connectivity index (χ1v) is 11.8. The van der Waals surface area contributed by atoms with E-state index in [0.717, 1.165) is 12.8 Å². The van der Waals surface area contributed by atoms with Gasteiger partial charge in [-0.2, -0.15) is 8.42 Å². The van der Waals surface area contributed by atoms with Crippen molar-refractivity contribution in [1.29, 1.82) is 0 Å². The molecule has 0 unspecified atom stereocenters. The van der Waals surface area contributed by atoms with Gasteiger partial charge in [0.05, 0.1) is 12.5 Å². The van der Waals surface area contributed by atoms with Crippen molar-refractivity contribution >= 4 is 21.8 Å². The molecule has 31 heavy (non-hydrogen) atoms. The van der Waals surface area contributed by atoms with Gasteiger partial charge in [0, 0.05) is 18.7 Å². The average molecular weight is 442 g/mol. The zero-order chi connectivity index (χ0) is 21.4. The Labute approximate surface area is 180 Å². The largest absolute Gasteiger partial charge is 0.486 e. The summed E-state index contributed by atoms with van der Waals surface area (Å²) in [4.78, 5) is 15.0. The summed E-state index contributed by atoms with van der Waals surface area (Å²) in [6.45, 7) is 1.82. The number of piperidine rings is 1. The van der Waals surface area contributed by atoms with Gasteiger partial charge in [-0.3, -0.25) is 4.79 Å². The van der Waals surface area contributed by atoms with Crippen LogP contribution in [0.4, 0.5) is 0 Å². The highest BCUT2D eigenvalue weighted by molar-refractivity contribution is 7.90. The Bertz CT molecular complexity index is 1150. The number of nitrogens with zero attached hydrogens (tertiary/aromatic N) is 2. The van der Waals surface area contributed by atoms with Crippen molar-refractivity contribution < 1.29 is 22.7 Å². The van der Waals surface area contributed by atoms with Gasteiger partial charge in [-0.05, 0) is 37.1 Å². The molecule has 2 aromatic rings. The number of hydrogen-bond acceptors (Lipinski definition) is 6. The number of carbonyl (C=O) groups is 1. The van der Waals surface area contributed by atoms with Crippen LogP contribution in [-0.2, 0) is 14.8 Å². The van der Waals surface area contributed by atoms with Crippen LogP contribution in [0.3, 0.4) is 0 Å². The van der Waals surface area contributed by atoms with Gasteiger partial charge in [-0.1, -0.05) is 24.3 Å². The minimum Gasteiger partial charge on any atom is -0.486 e. The summed E-state index contributed by atoms with van der Waals surface area (Å²) in [5, 5.41) is 2.97. The molecule has 2 atom stereocenters. The van der Waals surface area contributed by atoms with E-state index < -0.39 is 10.0 Å². The second kappa shape index (κ2) is 7.88. The molecule has 2 aromatic carbocycles. The van der Waals surface area contributed by atoms with Crippen LogP contribution in [0.1, 0.15) is 18.4 Å². The number of fused-ring (bicyclic) bond motifs is 2. The molecule has 3 aliphatic rings. The lowest BCUT2D eigenvalue weighted by molar-refractivity contribution is -0.126. The number of ether oxygens (including phenoxy) is 2. The number of para-hydroxylation sites is 2. The Hall–Kier alpha value is -3.07. The molecule has 9 heteroatoms. The average Bonchev–Trinajstić information content (AvgIpc) is 3.08. The van der Waals surface area contributed by atoms with Crippen molar-refractivity contribution in [3.63, 3.8) is 0 Å². The molecule has 3 aliphatic heterocycles. The zero-order valence-electron chi connectivity index (χ0n) is 16.9. The third kappa shape index (κ3) is 3.85. The summed E-state index contributed by atoms with van der Waals surface area (Å²) < 4.78 is 40.3. The summed E-state index contributed by atoms with van der Waals surface area (Å²) in [5.74, 6) is 1.51. The summed E-state index contributed by atoms with van der Waals surface area (Å²) in [6, 6.07) is 14.3. The highest BCUT2D eigenvalue weighted by atomic mass is 32.2. The maximum atomic E-state index is 12.8. The highest BCUT2D eigenvalue weighted by Gasteiger charge is 2.35. The van der Waals surface area contributed by atoms with E-state index in [0.29, 0.717) is 49.1 Å². The quantitative estimate of drug-likeness (QED) is 0.780. The Balaban J connectivity index is 1.22. The number of benzene rings is 2. The minimum absolute atomic E-state index is 0.0677. The number of sulfonamides is 1. The molecule has 3 heterocycles. The van der Waals surface area contributed by atoms with Crippen LogP contribution in [0.2, 0.25) is 0 Å². The maximum Gasteiger partial charge on any atom is 0.285 e. The number of rotatable bonds is 3. The van der Waals surface area contributed by atoms with Gasteiger partial charge in [0.1, 0.15) is 17.6 Å². The topological polar surface area (TPSA) is 97.3 Å². The van der Waals surface area contributed by atoms with E-state index in [1.165, 1.54) is 0 Å². The molecular formula is C22H23N3O5S. The molecule has 0 saturated carbocycles. The SMILES string of the molecule is O=C(NC[C@H]1COc2ccccc2O1)[C@H]1CCCN(C2=NS(=O)(=O)c3ccccc32)C1. The molecule has 5 rings (SSSR count). The van der Waals surface area contributed by atoms with Crippen LogP contribution in [0, 0.1) is 5.92 Å². The number of hydrogen-bond donors (Lipinski definition) is 1. The van der Waals surface area contributed by atoms with E-state index in [9.17, 15) is 13.2 Å². The maximum absolute atomic E-state index is 12.8. The predicted molar refractivity (Wildman–Crippen MR) is 114 cm³/mol. The van der Waals surface area contributed by atoms with Crippen LogP contribution in [0.25, 0.3) is 0 Å². The van der Waals surface area contributed by atoms with Crippen LogP contribution in [0.15, 0.2) is 57.8 Å². The molecule has 1 saturated heterocycles. The summed E-state index contributed by atoms with van der Waals surface area (Å²) in [7, 11) is -3.68. The number of carbonyl (C=O) groups excluding carboxylic acids is 1. The summed E-state index contributed by atoms with van der Waals surface area (Å²) in [5.41, 5.74) is 0.606. The van der Waals surface area contributed by atoms with Crippen LogP contribution in [0.5, 0.6) is 11.5 Å². The molecule has 0 bridgehead atoms. The number of nitrogens with one attached hydrogen (secondary N) is 1. The third-order valence-corrected chi connectivity index (χ3v) is 7.10. The van der Waals surface area contributed by atoms with E-state index in [1.807, 2.05) is 29.2 Å². The second-order valence-electron chi connectivity index (χ2n) is 7.91. The van der Waals surface area contributed by atoms with Crippen LogP contribution < -0.4 is 14.8 Å². The Morgan fingerprint density at radius 3 is 2.77 bits per heavy atom. The summed E-state index contributed by atoms with van der Waals surface area (Å²) >= 11 is 0. The van der Waals surface area contributed by atoms with Crippen molar-refractivity contribution in [3.05, 3.63) is 54.1 Å². The Morgan fingerprint density at radius 2 is 1.90 bits per heavy atom. The smallest absolute Gasteiger partial charge is 0.285 e. The Morgan fingerprint density at radius 1 is 1.13 bits per heavy atom. The minimum atomic E-state index is -3.68. The molecule has 0 spiro atoms. The molecule has 1 amide bonds. The van der Waals surface area contributed by atoms with Crippen molar-refractivity contribution in [3.8, 4) is 11.5 Å². The number of amidine groups is 1. The molecule has 0 aliphatic carbocycles. The summed E-state index contributed by atoms with van der Waals surface area (Å²) in [6.07, 6.45) is 1.28. The van der Waals surface area contributed by atoms with Crippen LogP contribution >= 0.6 is 0 Å². The zero-order valence-corrected chi connectivity index (χ0v) is 17.7. The fraction of sp³-hybridized carbons (Fsp3) is 0.364. The first-order valence-electron chi connectivity index (χ1n) is 10.4. The lowest BCUT2D eigenvalue weighted by Gasteiger charge is -2.34. The van der Waals surface area contributed by atoms with E-state index >= 15 is 0 Å². The van der Waals surface area contributed by atoms with Crippen molar-refractivity contribution in [2.75, 3.05) is 26.2 Å². The van der Waals surface area contributed by atoms with Gasteiger partial charge in [-0.25, -0.2) is 0 Å². The van der Waals surface area contributed by atoms with Gasteiger partial charge >= 0.3 is 0 Å². The third-order valence-electron chi connectivity index (χ3n) is 5.78. The van der Waals surface area contributed by atoms with E-state index in [-0.39, 0.29) is 22.8 Å². The molecule has 8 nitrogen and oxygen atoms in total. The standard InChI is InChI=1S/C22H23N3O5S/c26-22(23-12-16-14-29-18-8-2-3-9-19(18)30-16)15-6-5-11-25(13-15)21-17-7-1-4-10-20(17)31(27,28)24-21/h1-4,7-10,15-16H,5-6,11-14H2,(H,23,26)/t15-,16-/m0/s1. The predicted octanol–water partition coefficient (Wildman–Crippen LogP) is 1.80. The number of amides is 1. The second-order valence-corrected chi connectivity index (χ2v) is 9.49. The monoisotopic (exact) mass is 441 g/mol. The molecule has 162 valence electrons. The Kier molecular flexibility index (Phi) is 5.05. The van der Waals surface area contributed by atoms with E-state index in [1.54, 1.807) is 24.3 Å². The molecule has 0 radical (unpaired) electrons. The number of likely N-dealkylation sites (tertiary alicyclic amines) is 1. The first-order chi connectivity index (χ1) is 15.0. The molecular weight excluding hydrogens is 418 g/mol. The van der Waals surface area contributed by atoms with E-state index in [4.69, 9.17) is 9.47 Å². The van der Waals surface area contributed by atoms with Crippen molar-refractivity contribution in [2.24, 2.45) is 10.3 Å². The molecule has 1 fully saturated rings. The van der Waals surface area contributed by atoms with Gasteiger partial charge in [0.2, 0.25) is 5.91 Å². The van der Waals surface area contributed by atoms with Crippen molar-refractivity contribution in [1.82, 2.24) is 10.2 Å². The van der Waals surface area contributed by atoms with Crippen LogP contribution in [-0.4, -0.2) is 57.4 Å². The normalized spacial score (nSPS) is 23.6. The van der Waals surface area contributed by atoms with Gasteiger partial charge < -0.3 is 19.7 Å². The van der Waals surface area contributed by atoms with Gasteiger partial charge in [0.25, 0.3) is 10.0 Å². The lowest BCUT2D eigenvalue weighted by Crippen LogP contribution is -2.48. The van der Waals surface area contributed by atoms with Crippen molar-refractivity contribution in [2.45, 2.75) is 23.8 Å². The molecule has 1 N–H and O–H groups in total. The fourth-order valence-corrected chi connectivity index (χ4v) is 5.45. The molecule has 0 aromatic heterocycles. The highest BCUT2D eigenvalue weighted by Crippen LogP contribution is 2.31. The van der Waals surface area contributed by atoms with Gasteiger partial charge in [0.15, 0.2) is 17.3 Å². The lowest BCUT2D eigenvalue weighted by atomic mass is 9.96. The van der Waals surface area contributed by atoms with Gasteiger partial charge in [-0.15, -0.1) is 4.40 Å². The fourth-order valence-electron chi connectivity index (χ4n) is 4.22. The first kappa shape index (κ1) is 19.9. The van der Waals surface area contributed by atoms with E-state index in [2.05, 4.69) is 9.71 Å².